The van der Waals surface area contributed by atoms with Crippen LogP contribution in [0.5, 0.6) is 0 Å². The Hall–Kier alpha value is 0.120. The van der Waals surface area contributed by atoms with Gasteiger partial charge in [0.25, 0.3) is 0 Å². The van der Waals surface area contributed by atoms with Crippen molar-refractivity contribution >= 4 is 44.6 Å². The summed E-state index contributed by atoms with van der Waals surface area (Å²) in [6.45, 7) is 0. The van der Waals surface area contributed by atoms with E-state index in [0.717, 1.165) is 11.3 Å². The maximum Gasteiger partial charge on any atom is 0.249 e. The van der Waals surface area contributed by atoms with Gasteiger partial charge in [0.1, 0.15) is 0 Å². The third-order valence-corrected chi connectivity index (χ3v) is 3.97. The van der Waals surface area contributed by atoms with Crippen molar-refractivity contribution in [3.63, 3.8) is 0 Å². The highest BCUT2D eigenvalue weighted by molar-refractivity contribution is 7.91. The monoisotopic (exact) mass is 246 g/mol. The number of halogens is 2. The molecule has 12 heavy (non-hydrogen) atoms. The maximum atomic E-state index is 10.9. The Morgan fingerprint density at radius 2 is 2.17 bits per heavy atom. The van der Waals surface area contributed by atoms with Gasteiger partial charge in [0, 0.05) is 0 Å². The highest BCUT2D eigenvalue weighted by atomic mass is 35.5. The summed E-state index contributed by atoms with van der Waals surface area (Å²) in [5.41, 5.74) is 0.203. The molecule has 1 aromatic heterocycles. The molecule has 0 aliphatic carbocycles. The zero-order chi connectivity index (χ0) is 9.35. The fourth-order valence-electron chi connectivity index (χ4n) is 0.617. The normalized spacial score (nSPS) is 11.9. The van der Waals surface area contributed by atoms with Gasteiger partial charge in [-0.2, -0.15) is 0 Å². The molecule has 8 heteroatoms. The molecule has 0 aliphatic heterocycles. The molecule has 0 radical (unpaired) electrons. The number of thiazole rings is 1. The van der Waals surface area contributed by atoms with Gasteiger partial charge < -0.3 is 0 Å². The van der Waals surface area contributed by atoms with Crippen molar-refractivity contribution in [3.8, 4) is 0 Å². The number of rotatable bonds is 2. The summed E-state index contributed by atoms with van der Waals surface area (Å²) in [5, 5.41) is 4.87. The minimum Gasteiger partial charge on any atom is -0.227 e. The van der Waals surface area contributed by atoms with Crippen LogP contribution in [0.1, 0.15) is 5.69 Å². The first-order valence-corrected chi connectivity index (χ1v) is 5.96. The summed E-state index contributed by atoms with van der Waals surface area (Å²) < 4.78 is 21.8. The Morgan fingerprint density at radius 3 is 2.50 bits per heavy atom. The molecule has 0 atom stereocenters. The number of hydrogen-bond acceptors (Lipinski definition) is 4. The molecule has 0 fully saturated rings. The van der Waals surface area contributed by atoms with Gasteiger partial charge >= 0.3 is 0 Å². The van der Waals surface area contributed by atoms with Crippen LogP contribution in [0.25, 0.3) is 0 Å². The zero-order valence-corrected chi connectivity index (χ0v) is 8.77. The summed E-state index contributed by atoms with van der Waals surface area (Å²) in [6.07, 6.45) is 0. The van der Waals surface area contributed by atoms with Crippen molar-refractivity contribution in [2.45, 2.75) is 10.1 Å². The number of nitrogens with zero attached hydrogens (tertiary/aromatic N) is 1. The van der Waals surface area contributed by atoms with E-state index >= 15 is 0 Å². The molecule has 1 aromatic rings. The van der Waals surface area contributed by atoms with E-state index in [9.17, 15) is 8.42 Å². The second-order valence-electron chi connectivity index (χ2n) is 1.88. The molecule has 0 amide bonds. The first kappa shape index (κ1) is 10.2. The minimum atomic E-state index is -3.74. The largest absolute Gasteiger partial charge is 0.249 e. The maximum absolute atomic E-state index is 10.9. The predicted molar refractivity (Wildman–Crippen MR) is 48.1 cm³/mol. The lowest BCUT2D eigenvalue weighted by Gasteiger charge is -1.92. The van der Waals surface area contributed by atoms with Crippen LogP contribution < -0.4 is 5.14 Å². The lowest BCUT2D eigenvalue weighted by molar-refractivity contribution is 0.599. The van der Waals surface area contributed by atoms with Gasteiger partial charge in [-0.25, -0.2) is 18.5 Å². The summed E-state index contributed by atoms with van der Waals surface area (Å²) >= 11 is 11.7. The van der Waals surface area contributed by atoms with Crippen molar-refractivity contribution in [1.82, 2.24) is 4.98 Å². The molecule has 0 bridgehead atoms. The molecule has 0 aliphatic rings. The lowest BCUT2D eigenvalue weighted by Crippen LogP contribution is -2.12. The predicted octanol–water partition coefficient (Wildman–Crippen LogP) is 1.18. The molecule has 0 unspecified atom stereocenters. The van der Waals surface area contributed by atoms with Gasteiger partial charge in [-0.1, -0.05) is 22.9 Å². The Kier molecular flexibility index (Phi) is 2.95. The standard InChI is InChI=1S/C4H4Cl2N2O2S2/c5-1-2-3(12(7,9)10)11-4(6)8-2/h1H2,(H2,7,9,10). The molecule has 68 valence electrons. The molecule has 1 heterocycles. The SMILES string of the molecule is NS(=O)(=O)c1sc(Cl)nc1CCl. The van der Waals surface area contributed by atoms with Crippen LogP contribution in [0.3, 0.4) is 0 Å². The molecular formula is C4H4Cl2N2O2S2. The number of alkyl halides is 1. The summed E-state index contributed by atoms with van der Waals surface area (Å²) in [4.78, 5) is 3.69. The quantitative estimate of drug-likeness (QED) is 0.797. The van der Waals surface area contributed by atoms with Crippen molar-refractivity contribution in [3.05, 3.63) is 10.2 Å². The summed E-state index contributed by atoms with van der Waals surface area (Å²) in [5.74, 6) is -0.0189. The molecule has 1 rings (SSSR count). The van der Waals surface area contributed by atoms with Crippen LogP contribution in [0.15, 0.2) is 4.21 Å². The number of aromatic nitrogens is 1. The van der Waals surface area contributed by atoms with Crippen LogP contribution in [-0.2, 0) is 15.9 Å². The highest BCUT2D eigenvalue weighted by Gasteiger charge is 2.18. The molecule has 4 nitrogen and oxygen atoms in total. The average Bonchev–Trinajstić information content (AvgIpc) is 2.29. The van der Waals surface area contributed by atoms with E-state index < -0.39 is 10.0 Å². The van der Waals surface area contributed by atoms with E-state index in [1.807, 2.05) is 0 Å². The van der Waals surface area contributed by atoms with Crippen molar-refractivity contribution in [1.29, 1.82) is 0 Å². The number of hydrogen-bond donors (Lipinski definition) is 1. The van der Waals surface area contributed by atoms with Crippen molar-refractivity contribution < 1.29 is 8.42 Å². The number of sulfonamides is 1. The first-order chi connectivity index (χ1) is 5.45. The Labute approximate surface area is 83.4 Å². The molecule has 0 aromatic carbocycles. The van der Waals surface area contributed by atoms with Crippen molar-refractivity contribution in [2.24, 2.45) is 5.14 Å². The smallest absolute Gasteiger partial charge is 0.227 e. The zero-order valence-electron chi connectivity index (χ0n) is 5.62. The van der Waals surface area contributed by atoms with Gasteiger partial charge in [-0.3, -0.25) is 0 Å². The van der Waals surface area contributed by atoms with Gasteiger partial charge in [0.2, 0.25) is 10.0 Å². The number of primary sulfonamides is 1. The molecular weight excluding hydrogens is 243 g/mol. The Bertz CT molecular complexity index is 386. The molecule has 0 saturated carbocycles. The van der Waals surface area contributed by atoms with E-state index in [0.29, 0.717) is 0 Å². The van der Waals surface area contributed by atoms with Crippen LogP contribution in [-0.4, -0.2) is 13.4 Å². The third kappa shape index (κ3) is 2.08. The molecule has 0 spiro atoms. The van der Waals surface area contributed by atoms with Crippen LogP contribution >= 0.6 is 34.5 Å². The fraction of sp³-hybridized carbons (Fsp3) is 0.250. The minimum absolute atomic E-state index is 0.0189. The van der Waals surface area contributed by atoms with E-state index in [4.69, 9.17) is 28.3 Å². The molecule has 0 saturated heterocycles. The van der Waals surface area contributed by atoms with E-state index in [1.165, 1.54) is 0 Å². The van der Waals surface area contributed by atoms with Crippen LogP contribution in [0.2, 0.25) is 4.47 Å². The lowest BCUT2D eigenvalue weighted by atomic mass is 10.6. The second-order valence-corrected chi connectivity index (χ2v) is 5.48. The fourth-order valence-corrected chi connectivity index (χ4v) is 3.13. The van der Waals surface area contributed by atoms with E-state index in [2.05, 4.69) is 4.98 Å². The third-order valence-electron chi connectivity index (χ3n) is 1.02. The first-order valence-electron chi connectivity index (χ1n) is 2.69. The van der Waals surface area contributed by atoms with Crippen LogP contribution in [0, 0.1) is 0 Å². The van der Waals surface area contributed by atoms with E-state index in [1.54, 1.807) is 0 Å². The van der Waals surface area contributed by atoms with Gasteiger partial charge in [-0.15, -0.1) is 11.6 Å². The van der Waals surface area contributed by atoms with Crippen molar-refractivity contribution in [2.75, 3.05) is 0 Å². The van der Waals surface area contributed by atoms with Gasteiger partial charge in [0.15, 0.2) is 8.68 Å². The average molecular weight is 247 g/mol. The summed E-state index contributed by atoms with van der Waals surface area (Å²) in [7, 11) is -3.74. The van der Waals surface area contributed by atoms with E-state index in [-0.39, 0.29) is 20.2 Å². The topological polar surface area (TPSA) is 73.1 Å². The Morgan fingerprint density at radius 1 is 1.58 bits per heavy atom. The van der Waals surface area contributed by atoms with Gasteiger partial charge in [0.05, 0.1) is 11.6 Å². The highest BCUT2D eigenvalue weighted by Crippen LogP contribution is 2.27. The number of nitrogens with two attached hydrogens (primary N) is 1. The summed E-state index contributed by atoms with van der Waals surface area (Å²) in [6, 6.07) is 0. The molecule has 2 N–H and O–H groups in total. The second kappa shape index (κ2) is 3.47. The Balaban J connectivity index is 3.33. The van der Waals surface area contributed by atoms with Crippen LogP contribution in [0.4, 0.5) is 0 Å². The van der Waals surface area contributed by atoms with Gasteiger partial charge in [-0.05, 0) is 0 Å².